The van der Waals surface area contributed by atoms with Crippen LogP contribution in [0.4, 0.5) is 5.69 Å². The minimum absolute atomic E-state index is 0.132. The Balaban J connectivity index is 1.86. The van der Waals surface area contributed by atoms with Crippen molar-refractivity contribution in [3.63, 3.8) is 0 Å². The van der Waals surface area contributed by atoms with Crippen molar-refractivity contribution in [1.29, 1.82) is 0 Å². The quantitative estimate of drug-likeness (QED) is 0.642. The number of aryl methyl sites for hydroxylation is 1. The van der Waals surface area contributed by atoms with Gasteiger partial charge in [-0.1, -0.05) is 41.4 Å². The van der Waals surface area contributed by atoms with E-state index in [0.29, 0.717) is 10.0 Å². The largest absolute Gasteiger partial charge is 0.345 e. The predicted molar refractivity (Wildman–Crippen MR) is 114 cm³/mol. The molecular formula is C21H26Cl2N3O2+. The Kier molecular flexibility index (Phi) is 7.87. The van der Waals surface area contributed by atoms with Crippen LogP contribution in [0.25, 0.3) is 0 Å². The van der Waals surface area contributed by atoms with Crippen LogP contribution >= 0.6 is 23.2 Å². The summed E-state index contributed by atoms with van der Waals surface area (Å²) in [5.74, 6) is -0.289. The van der Waals surface area contributed by atoms with Crippen LogP contribution in [-0.2, 0) is 9.59 Å². The molecule has 2 aromatic rings. The van der Waals surface area contributed by atoms with E-state index in [2.05, 4.69) is 10.6 Å². The molecule has 5 nitrogen and oxygen atoms in total. The lowest BCUT2D eigenvalue weighted by molar-refractivity contribution is -0.862. The van der Waals surface area contributed by atoms with Gasteiger partial charge in [0.05, 0.1) is 13.1 Å². The summed E-state index contributed by atoms with van der Waals surface area (Å²) in [6, 6.07) is 10.7. The number of halogens is 2. The second-order valence-corrected chi connectivity index (χ2v) is 7.90. The van der Waals surface area contributed by atoms with Crippen LogP contribution in [0.2, 0.25) is 10.0 Å². The average molecular weight is 423 g/mol. The number of nitrogens with one attached hydrogen (secondary N) is 3. The molecular weight excluding hydrogens is 397 g/mol. The van der Waals surface area contributed by atoms with Crippen molar-refractivity contribution in [1.82, 2.24) is 5.32 Å². The monoisotopic (exact) mass is 422 g/mol. The summed E-state index contributed by atoms with van der Waals surface area (Å²) in [6.07, 6.45) is 0. The fraction of sp³-hybridized carbons (Fsp3) is 0.333. The fourth-order valence-corrected chi connectivity index (χ4v) is 3.49. The summed E-state index contributed by atoms with van der Waals surface area (Å²) < 4.78 is 0. The summed E-state index contributed by atoms with van der Waals surface area (Å²) in [7, 11) is 1.81. The first-order valence-corrected chi connectivity index (χ1v) is 9.84. The third-order valence-electron chi connectivity index (χ3n) is 4.61. The molecule has 2 amide bonds. The summed E-state index contributed by atoms with van der Waals surface area (Å²) in [4.78, 5) is 25.4. The van der Waals surface area contributed by atoms with Gasteiger partial charge in [-0.2, -0.15) is 0 Å². The number of quaternary nitrogens is 1. The van der Waals surface area contributed by atoms with Gasteiger partial charge in [0, 0.05) is 15.7 Å². The van der Waals surface area contributed by atoms with Crippen molar-refractivity contribution in [2.45, 2.75) is 26.8 Å². The molecule has 0 saturated carbocycles. The zero-order chi connectivity index (χ0) is 20.8. The molecule has 7 heteroatoms. The lowest BCUT2D eigenvalue weighted by atomic mass is 10.1. The molecule has 2 aromatic carbocycles. The molecule has 0 fully saturated rings. The number of hydrogen-bond donors (Lipinski definition) is 3. The van der Waals surface area contributed by atoms with Gasteiger partial charge in [-0.3, -0.25) is 9.59 Å². The first-order valence-electron chi connectivity index (χ1n) is 9.09. The second kappa shape index (κ2) is 9.92. The Morgan fingerprint density at radius 1 is 1.07 bits per heavy atom. The third kappa shape index (κ3) is 6.23. The van der Waals surface area contributed by atoms with Gasteiger partial charge in [-0.05, 0) is 55.7 Å². The van der Waals surface area contributed by atoms with Crippen molar-refractivity contribution >= 4 is 40.7 Å². The van der Waals surface area contributed by atoms with Gasteiger partial charge in [0.25, 0.3) is 11.8 Å². The van der Waals surface area contributed by atoms with Gasteiger partial charge >= 0.3 is 0 Å². The second-order valence-electron chi connectivity index (χ2n) is 7.06. The molecule has 150 valence electrons. The van der Waals surface area contributed by atoms with Crippen molar-refractivity contribution in [3.8, 4) is 0 Å². The molecule has 1 unspecified atom stereocenters. The highest BCUT2D eigenvalue weighted by Crippen LogP contribution is 2.25. The van der Waals surface area contributed by atoms with Crippen LogP contribution in [-0.4, -0.2) is 32.0 Å². The molecule has 0 aliphatic carbocycles. The van der Waals surface area contributed by atoms with Crippen LogP contribution in [0.1, 0.15) is 29.7 Å². The van der Waals surface area contributed by atoms with E-state index in [1.165, 1.54) is 0 Å². The van der Waals surface area contributed by atoms with Gasteiger partial charge in [0.15, 0.2) is 13.1 Å². The van der Waals surface area contributed by atoms with E-state index < -0.39 is 0 Å². The Morgan fingerprint density at radius 2 is 1.75 bits per heavy atom. The third-order valence-corrected chi connectivity index (χ3v) is 5.17. The lowest BCUT2D eigenvalue weighted by Gasteiger charge is -2.18. The number of rotatable bonds is 7. The van der Waals surface area contributed by atoms with Crippen molar-refractivity contribution < 1.29 is 14.5 Å². The maximum Gasteiger partial charge on any atom is 0.279 e. The molecule has 0 aliphatic heterocycles. The highest BCUT2D eigenvalue weighted by Gasteiger charge is 2.18. The maximum absolute atomic E-state index is 12.3. The molecule has 28 heavy (non-hydrogen) atoms. The summed E-state index contributed by atoms with van der Waals surface area (Å²) in [6.45, 7) is 6.20. The van der Waals surface area contributed by atoms with Gasteiger partial charge in [-0.25, -0.2) is 0 Å². The van der Waals surface area contributed by atoms with Crippen molar-refractivity contribution in [2.75, 3.05) is 25.5 Å². The van der Waals surface area contributed by atoms with Crippen molar-refractivity contribution in [2.24, 2.45) is 0 Å². The van der Waals surface area contributed by atoms with Gasteiger partial charge in [0.1, 0.15) is 0 Å². The zero-order valence-corrected chi connectivity index (χ0v) is 18.0. The number of carbonyl (C=O) groups excluding carboxylic acids is 2. The fourth-order valence-electron chi connectivity index (χ4n) is 2.91. The maximum atomic E-state index is 12.3. The van der Waals surface area contributed by atoms with E-state index >= 15 is 0 Å². The number of carbonyl (C=O) groups is 2. The van der Waals surface area contributed by atoms with E-state index in [1.807, 2.05) is 46.0 Å². The highest BCUT2D eigenvalue weighted by molar-refractivity contribution is 6.35. The SMILES string of the molecule is Cc1cccc(NC(=O)C[NH+](C)CC(=O)N[C@H](C)c2ccc(Cl)cc2Cl)c1C. The van der Waals surface area contributed by atoms with E-state index in [0.717, 1.165) is 27.3 Å². The number of hydrogen-bond acceptors (Lipinski definition) is 2. The molecule has 0 radical (unpaired) electrons. The number of anilines is 1. The lowest BCUT2D eigenvalue weighted by Crippen LogP contribution is -3.11. The zero-order valence-electron chi connectivity index (χ0n) is 16.5. The molecule has 0 saturated heterocycles. The summed E-state index contributed by atoms with van der Waals surface area (Å²) in [5.41, 5.74) is 3.76. The smallest absolute Gasteiger partial charge is 0.279 e. The average Bonchev–Trinajstić information content (AvgIpc) is 2.58. The molecule has 0 aromatic heterocycles. The van der Waals surface area contributed by atoms with E-state index in [9.17, 15) is 9.59 Å². The summed E-state index contributed by atoms with van der Waals surface area (Å²) in [5, 5.41) is 6.88. The molecule has 3 N–H and O–H groups in total. The predicted octanol–water partition coefficient (Wildman–Crippen LogP) is 2.94. The van der Waals surface area contributed by atoms with Gasteiger partial charge < -0.3 is 15.5 Å². The van der Waals surface area contributed by atoms with Crippen LogP contribution < -0.4 is 15.5 Å². The van der Waals surface area contributed by atoms with Crippen LogP contribution in [0.3, 0.4) is 0 Å². The Labute approximate surface area is 176 Å². The number of benzene rings is 2. The van der Waals surface area contributed by atoms with Gasteiger partial charge in [0.2, 0.25) is 0 Å². The van der Waals surface area contributed by atoms with E-state index in [1.54, 1.807) is 18.2 Å². The normalized spacial score (nSPS) is 12.9. The minimum atomic E-state index is -0.256. The molecule has 2 atom stereocenters. The Bertz CT molecular complexity index is 871. The van der Waals surface area contributed by atoms with Crippen LogP contribution in [0.5, 0.6) is 0 Å². The topological polar surface area (TPSA) is 62.6 Å². The molecule has 2 rings (SSSR count). The van der Waals surface area contributed by atoms with Crippen LogP contribution in [0, 0.1) is 13.8 Å². The first-order chi connectivity index (χ1) is 13.2. The number of amides is 2. The molecule has 0 bridgehead atoms. The Hall–Kier alpha value is -2.08. The minimum Gasteiger partial charge on any atom is -0.345 e. The molecule has 0 aliphatic rings. The van der Waals surface area contributed by atoms with Crippen molar-refractivity contribution in [3.05, 3.63) is 63.1 Å². The summed E-state index contributed by atoms with van der Waals surface area (Å²) >= 11 is 12.1. The van der Waals surface area contributed by atoms with E-state index in [-0.39, 0.29) is 30.9 Å². The first kappa shape index (κ1) is 22.2. The highest BCUT2D eigenvalue weighted by atomic mass is 35.5. The standard InChI is InChI=1S/C21H25Cl2N3O2/c1-13-6-5-7-19(14(13)2)25-21(28)12-26(4)11-20(27)24-15(3)17-9-8-16(22)10-18(17)23/h5-10,15H,11-12H2,1-4H3,(H,24,27)(H,25,28)/p+1/t15-/m1/s1. The van der Waals surface area contributed by atoms with Crippen LogP contribution in [0.15, 0.2) is 36.4 Å². The van der Waals surface area contributed by atoms with Gasteiger partial charge in [-0.15, -0.1) is 0 Å². The van der Waals surface area contributed by atoms with E-state index in [4.69, 9.17) is 23.2 Å². The molecule has 0 spiro atoms. The Morgan fingerprint density at radius 3 is 2.43 bits per heavy atom. The number of likely N-dealkylation sites (N-methyl/N-ethyl adjacent to an activating group) is 1. The molecule has 0 heterocycles.